The van der Waals surface area contributed by atoms with Crippen LogP contribution in [0.5, 0.6) is 0 Å². The summed E-state index contributed by atoms with van der Waals surface area (Å²) in [4.78, 5) is 7.20. The van der Waals surface area contributed by atoms with Crippen molar-refractivity contribution in [3.8, 4) is 5.69 Å². The number of guanidine groups is 1. The zero-order chi connectivity index (χ0) is 19.2. The Morgan fingerprint density at radius 1 is 1.25 bits per heavy atom. The first-order chi connectivity index (χ1) is 13.8. The lowest BCUT2D eigenvalue weighted by Gasteiger charge is -2.37. The highest BCUT2D eigenvalue weighted by Crippen LogP contribution is 2.21. The molecule has 0 aliphatic carbocycles. The van der Waals surface area contributed by atoms with E-state index in [4.69, 9.17) is 14.5 Å². The van der Waals surface area contributed by atoms with Gasteiger partial charge in [0.25, 0.3) is 0 Å². The molecule has 1 aromatic heterocycles. The van der Waals surface area contributed by atoms with Crippen molar-refractivity contribution in [1.29, 1.82) is 0 Å². The van der Waals surface area contributed by atoms with E-state index in [1.807, 2.05) is 16.9 Å². The third-order valence-electron chi connectivity index (χ3n) is 5.20. The van der Waals surface area contributed by atoms with E-state index in [0.717, 1.165) is 56.3 Å². The Kier molecular flexibility index (Phi) is 6.24. The Hall–Kier alpha value is -2.38. The van der Waals surface area contributed by atoms with E-state index in [1.54, 1.807) is 6.20 Å². The first-order valence-electron chi connectivity index (χ1n) is 10.2. The van der Waals surface area contributed by atoms with Crippen molar-refractivity contribution >= 4 is 5.96 Å². The van der Waals surface area contributed by atoms with Crippen LogP contribution < -0.4 is 5.32 Å². The second-order valence-electron chi connectivity index (χ2n) is 7.20. The molecule has 150 valence electrons. The standard InChI is InChI=1S/C21H29N5O2/c1-2-22-21(25-11-13-28-20(16-25)19-8-4-12-27-19)23-15-17-6-3-7-18(14-17)26-10-5-9-24-26/h3,5-7,9-10,14,19-20H,2,4,8,11-13,15-16H2,1H3,(H,22,23). The van der Waals surface area contributed by atoms with E-state index >= 15 is 0 Å². The summed E-state index contributed by atoms with van der Waals surface area (Å²) in [5.74, 6) is 0.943. The van der Waals surface area contributed by atoms with Crippen LogP contribution in [-0.4, -0.2) is 65.7 Å². The minimum atomic E-state index is 0.128. The van der Waals surface area contributed by atoms with Crippen LogP contribution in [0, 0.1) is 0 Å². The molecule has 2 atom stereocenters. The maximum absolute atomic E-state index is 5.98. The Morgan fingerprint density at radius 2 is 2.18 bits per heavy atom. The van der Waals surface area contributed by atoms with E-state index in [-0.39, 0.29) is 12.2 Å². The largest absolute Gasteiger partial charge is 0.375 e. The summed E-state index contributed by atoms with van der Waals surface area (Å²) in [6, 6.07) is 10.3. The fourth-order valence-corrected chi connectivity index (χ4v) is 3.80. The second kappa shape index (κ2) is 9.21. The first kappa shape index (κ1) is 19.0. The Morgan fingerprint density at radius 3 is 2.96 bits per heavy atom. The molecule has 0 bridgehead atoms. The number of morpholine rings is 1. The monoisotopic (exact) mass is 383 g/mol. The summed E-state index contributed by atoms with van der Waals surface area (Å²) >= 11 is 0. The van der Waals surface area contributed by atoms with Crippen molar-refractivity contribution in [3.05, 3.63) is 48.3 Å². The van der Waals surface area contributed by atoms with Gasteiger partial charge in [0.15, 0.2) is 5.96 Å². The van der Waals surface area contributed by atoms with Crippen LogP contribution in [0.3, 0.4) is 0 Å². The summed E-state index contributed by atoms with van der Waals surface area (Å²) in [5, 5.41) is 7.74. The van der Waals surface area contributed by atoms with Gasteiger partial charge >= 0.3 is 0 Å². The number of benzene rings is 1. The summed E-state index contributed by atoms with van der Waals surface area (Å²) in [7, 11) is 0. The molecule has 0 amide bonds. The summed E-state index contributed by atoms with van der Waals surface area (Å²) in [5.41, 5.74) is 2.21. The van der Waals surface area contributed by atoms with Gasteiger partial charge in [-0.15, -0.1) is 0 Å². The fourth-order valence-electron chi connectivity index (χ4n) is 3.80. The highest BCUT2D eigenvalue weighted by Gasteiger charge is 2.32. The quantitative estimate of drug-likeness (QED) is 0.634. The van der Waals surface area contributed by atoms with Crippen LogP contribution in [0.1, 0.15) is 25.3 Å². The average molecular weight is 383 g/mol. The Labute approximate surface area is 166 Å². The van der Waals surface area contributed by atoms with Gasteiger partial charge in [0.05, 0.1) is 24.9 Å². The van der Waals surface area contributed by atoms with Crippen molar-refractivity contribution < 1.29 is 9.47 Å². The molecule has 3 heterocycles. The number of hydrogen-bond donors (Lipinski definition) is 1. The van der Waals surface area contributed by atoms with Gasteiger partial charge < -0.3 is 19.7 Å². The molecule has 7 nitrogen and oxygen atoms in total. The Bertz CT molecular complexity index is 771. The second-order valence-corrected chi connectivity index (χ2v) is 7.20. The van der Waals surface area contributed by atoms with Gasteiger partial charge in [0.2, 0.25) is 0 Å². The number of aliphatic imine (C=N–C) groups is 1. The van der Waals surface area contributed by atoms with Gasteiger partial charge in [-0.1, -0.05) is 12.1 Å². The number of nitrogens with zero attached hydrogens (tertiary/aromatic N) is 4. The fraction of sp³-hybridized carbons (Fsp3) is 0.524. The molecule has 0 saturated carbocycles. The van der Waals surface area contributed by atoms with Gasteiger partial charge in [-0.25, -0.2) is 9.67 Å². The minimum Gasteiger partial charge on any atom is -0.375 e. The van der Waals surface area contributed by atoms with Crippen molar-refractivity contribution in [3.63, 3.8) is 0 Å². The molecule has 2 saturated heterocycles. The zero-order valence-corrected chi connectivity index (χ0v) is 16.5. The predicted molar refractivity (Wildman–Crippen MR) is 109 cm³/mol. The third kappa shape index (κ3) is 4.54. The highest BCUT2D eigenvalue weighted by atomic mass is 16.5. The molecule has 4 rings (SSSR count). The molecule has 28 heavy (non-hydrogen) atoms. The molecule has 1 N–H and O–H groups in total. The lowest BCUT2D eigenvalue weighted by molar-refractivity contribution is -0.0817. The predicted octanol–water partition coefficient (Wildman–Crippen LogP) is 2.22. The summed E-state index contributed by atoms with van der Waals surface area (Å²) in [6.07, 6.45) is 6.31. The van der Waals surface area contributed by atoms with Crippen LogP contribution in [0.2, 0.25) is 0 Å². The van der Waals surface area contributed by atoms with E-state index in [2.05, 4.69) is 46.5 Å². The van der Waals surface area contributed by atoms with Crippen molar-refractivity contribution in [1.82, 2.24) is 20.0 Å². The molecule has 0 spiro atoms. The normalized spacial score (nSPS) is 23.2. The van der Waals surface area contributed by atoms with Crippen LogP contribution in [0.4, 0.5) is 0 Å². The minimum absolute atomic E-state index is 0.128. The summed E-state index contributed by atoms with van der Waals surface area (Å²) in [6.45, 7) is 6.81. The van der Waals surface area contributed by atoms with Gasteiger partial charge in [-0.3, -0.25) is 0 Å². The maximum atomic E-state index is 5.98. The van der Waals surface area contributed by atoms with E-state index < -0.39 is 0 Å². The van der Waals surface area contributed by atoms with Crippen LogP contribution >= 0.6 is 0 Å². The number of rotatable bonds is 5. The van der Waals surface area contributed by atoms with Crippen molar-refractivity contribution in [2.75, 3.05) is 32.8 Å². The average Bonchev–Trinajstić information content (AvgIpc) is 3.46. The van der Waals surface area contributed by atoms with Crippen LogP contribution in [-0.2, 0) is 16.0 Å². The number of nitrogens with one attached hydrogen (secondary N) is 1. The number of aromatic nitrogens is 2. The highest BCUT2D eigenvalue weighted by molar-refractivity contribution is 5.80. The van der Waals surface area contributed by atoms with Gasteiger partial charge in [-0.05, 0) is 43.5 Å². The molecule has 2 aliphatic heterocycles. The molecule has 2 fully saturated rings. The van der Waals surface area contributed by atoms with Crippen molar-refractivity contribution in [2.45, 2.75) is 38.5 Å². The first-order valence-corrected chi connectivity index (χ1v) is 10.2. The van der Waals surface area contributed by atoms with E-state index in [0.29, 0.717) is 13.2 Å². The van der Waals surface area contributed by atoms with Gasteiger partial charge in [0.1, 0.15) is 6.10 Å². The lowest BCUT2D eigenvalue weighted by Crippen LogP contribution is -2.53. The third-order valence-corrected chi connectivity index (χ3v) is 5.20. The molecule has 0 radical (unpaired) electrons. The number of hydrogen-bond acceptors (Lipinski definition) is 4. The van der Waals surface area contributed by atoms with Gasteiger partial charge in [-0.2, -0.15) is 5.10 Å². The molecule has 2 aliphatic rings. The lowest BCUT2D eigenvalue weighted by atomic mass is 10.1. The smallest absolute Gasteiger partial charge is 0.194 e. The van der Waals surface area contributed by atoms with Crippen molar-refractivity contribution in [2.24, 2.45) is 4.99 Å². The zero-order valence-electron chi connectivity index (χ0n) is 16.5. The van der Waals surface area contributed by atoms with E-state index in [1.165, 1.54) is 0 Å². The Balaban J connectivity index is 1.45. The maximum Gasteiger partial charge on any atom is 0.194 e. The van der Waals surface area contributed by atoms with Crippen LogP contribution in [0.25, 0.3) is 5.69 Å². The van der Waals surface area contributed by atoms with E-state index in [9.17, 15) is 0 Å². The molecule has 2 aromatic rings. The summed E-state index contributed by atoms with van der Waals surface area (Å²) < 4.78 is 13.7. The molecular formula is C21H29N5O2. The number of ether oxygens (including phenoxy) is 2. The van der Waals surface area contributed by atoms with Crippen LogP contribution in [0.15, 0.2) is 47.7 Å². The molecule has 2 unspecified atom stereocenters. The molecule has 1 aromatic carbocycles. The topological polar surface area (TPSA) is 63.9 Å². The molecule has 7 heteroatoms. The SMILES string of the molecule is CCNC(=NCc1cccc(-n2cccn2)c1)N1CCOC(C2CCCO2)C1. The van der Waals surface area contributed by atoms with Gasteiger partial charge in [0, 0.05) is 38.6 Å². The molecular weight excluding hydrogens is 354 g/mol.